The van der Waals surface area contributed by atoms with E-state index < -0.39 is 0 Å². The molecule has 2 amide bonds. The van der Waals surface area contributed by atoms with Crippen LogP contribution in [0.15, 0.2) is 24.3 Å². The number of benzene rings is 1. The predicted molar refractivity (Wildman–Crippen MR) is 101 cm³/mol. The number of carbonyl (C=O) groups excluding carboxylic acids is 2. The first-order chi connectivity index (χ1) is 12.9. The number of amides is 2. The molecule has 0 heterocycles. The second-order valence-corrected chi connectivity index (χ2v) is 8.88. The van der Waals surface area contributed by atoms with Gasteiger partial charge < -0.3 is 20.1 Å². The Morgan fingerprint density at radius 1 is 1.04 bits per heavy atom. The Labute approximate surface area is 163 Å². The van der Waals surface area contributed by atoms with Crippen molar-refractivity contribution in [1.82, 2.24) is 10.6 Å². The maximum absolute atomic E-state index is 12.1. The number of ether oxygens (including phenoxy) is 2. The van der Waals surface area contributed by atoms with Crippen molar-refractivity contribution in [2.75, 3.05) is 13.2 Å². The summed E-state index contributed by atoms with van der Waals surface area (Å²) < 4.78 is 11.1. The third kappa shape index (κ3) is 4.06. The molecule has 0 spiro atoms. The lowest BCUT2D eigenvalue weighted by molar-refractivity contribution is -0.154. The van der Waals surface area contributed by atoms with Crippen molar-refractivity contribution in [2.24, 2.45) is 5.92 Å². The summed E-state index contributed by atoms with van der Waals surface area (Å²) in [4.78, 5) is 24.2. The summed E-state index contributed by atoms with van der Waals surface area (Å²) in [6, 6.07) is 6.90. The van der Waals surface area contributed by atoms with Crippen LogP contribution in [0.1, 0.15) is 39.0 Å². The molecule has 0 aliphatic heterocycles. The quantitative estimate of drug-likeness (QED) is 0.712. The van der Waals surface area contributed by atoms with Crippen LogP contribution in [0.4, 0.5) is 0 Å². The molecular formula is C20H25ClN2O4. The van der Waals surface area contributed by atoms with Gasteiger partial charge in [-0.1, -0.05) is 18.5 Å². The van der Waals surface area contributed by atoms with Crippen molar-refractivity contribution in [3.05, 3.63) is 29.3 Å². The summed E-state index contributed by atoms with van der Waals surface area (Å²) in [6.07, 6.45) is 4.67. The van der Waals surface area contributed by atoms with Crippen LogP contribution in [0.2, 0.25) is 5.02 Å². The molecular weight excluding hydrogens is 368 g/mol. The van der Waals surface area contributed by atoms with E-state index in [1.54, 1.807) is 24.3 Å². The lowest BCUT2D eigenvalue weighted by Crippen LogP contribution is -2.84. The Morgan fingerprint density at radius 2 is 1.59 bits per heavy atom. The van der Waals surface area contributed by atoms with Gasteiger partial charge in [0.05, 0.1) is 6.10 Å². The van der Waals surface area contributed by atoms with E-state index in [9.17, 15) is 9.59 Å². The minimum absolute atomic E-state index is 0.0314. The first-order valence-corrected chi connectivity index (χ1v) is 9.85. The van der Waals surface area contributed by atoms with Crippen molar-refractivity contribution in [2.45, 2.75) is 56.2 Å². The third-order valence-corrected chi connectivity index (χ3v) is 6.06. The van der Waals surface area contributed by atoms with Gasteiger partial charge in [0.1, 0.15) is 12.4 Å². The van der Waals surface area contributed by atoms with Crippen molar-refractivity contribution in [3.8, 4) is 5.75 Å². The van der Waals surface area contributed by atoms with Gasteiger partial charge >= 0.3 is 0 Å². The summed E-state index contributed by atoms with van der Waals surface area (Å²) >= 11 is 5.82. The van der Waals surface area contributed by atoms with E-state index in [2.05, 4.69) is 17.6 Å². The summed E-state index contributed by atoms with van der Waals surface area (Å²) in [6.45, 7) is 2.29. The molecule has 0 unspecified atom stereocenters. The molecule has 7 heteroatoms. The smallest absolute Gasteiger partial charge is 0.258 e. The van der Waals surface area contributed by atoms with E-state index in [0.29, 0.717) is 16.7 Å². The van der Waals surface area contributed by atoms with E-state index >= 15 is 0 Å². The van der Waals surface area contributed by atoms with Gasteiger partial charge in [-0.25, -0.2) is 0 Å². The monoisotopic (exact) mass is 392 g/mol. The average molecular weight is 393 g/mol. The molecule has 146 valence electrons. The van der Waals surface area contributed by atoms with E-state index in [0.717, 1.165) is 32.1 Å². The molecule has 27 heavy (non-hydrogen) atoms. The van der Waals surface area contributed by atoms with Gasteiger partial charge in [-0.05, 0) is 62.3 Å². The van der Waals surface area contributed by atoms with Gasteiger partial charge in [-0.15, -0.1) is 0 Å². The van der Waals surface area contributed by atoms with Crippen LogP contribution in [-0.4, -0.2) is 42.2 Å². The van der Waals surface area contributed by atoms with Gasteiger partial charge in [0.25, 0.3) is 5.91 Å². The number of carbonyl (C=O) groups is 2. The van der Waals surface area contributed by atoms with Crippen molar-refractivity contribution in [1.29, 1.82) is 0 Å². The number of hydrogen-bond donors (Lipinski definition) is 2. The number of halogens is 1. The maximum Gasteiger partial charge on any atom is 0.258 e. The van der Waals surface area contributed by atoms with Crippen LogP contribution in [0, 0.1) is 5.92 Å². The number of rotatable bonds is 8. The van der Waals surface area contributed by atoms with Crippen molar-refractivity contribution >= 4 is 23.4 Å². The molecule has 4 saturated carbocycles. The Balaban J connectivity index is 1.13. The van der Waals surface area contributed by atoms with Gasteiger partial charge in [0.2, 0.25) is 5.91 Å². The standard InChI is InChI=1S/C20H25ClN2O4/c1-13-6-16(7-13)27-9-18(25)23-20-10-19(11-20,12-20)22-17(24)8-26-15-4-2-14(21)3-5-15/h2-5,13,16H,6-12H2,1H3,(H,22,24)(H,23,25). The average Bonchev–Trinajstić information content (AvgIpc) is 2.54. The fourth-order valence-corrected chi connectivity index (χ4v) is 4.68. The van der Waals surface area contributed by atoms with Crippen molar-refractivity contribution in [3.63, 3.8) is 0 Å². The predicted octanol–water partition coefficient (Wildman–Crippen LogP) is 2.44. The SMILES string of the molecule is CC1CC(OCC(=O)NC23CC(NC(=O)COc4ccc(Cl)cc4)(C2)C3)C1. The zero-order chi connectivity index (χ0) is 19.1. The van der Waals surface area contributed by atoms with Gasteiger partial charge in [-0.2, -0.15) is 0 Å². The Morgan fingerprint density at radius 3 is 2.15 bits per heavy atom. The van der Waals surface area contributed by atoms with Gasteiger partial charge in [0.15, 0.2) is 6.61 Å². The van der Waals surface area contributed by atoms with Crippen molar-refractivity contribution < 1.29 is 19.1 Å². The van der Waals surface area contributed by atoms with E-state index in [-0.39, 0.29) is 42.2 Å². The Bertz CT molecular complexity index is 710. The zero-order valence-electron chi connectivity index (χ0n) is 15.4. The number of hydrogen-bond acceptors (Lipinski definition) is 4. The molecule has 1 aromatic rings. The Kier molecular flexibility index (Phi) is 4.80. The second-order valence-electron chi connectivity index (χ2n) is 8.44. The summed E-state index contributed by atoms with van der Waals surface area (Å²) in [5, 5.41) is 6.74. The van der Waals surface area contributed by atoms with Crippen LogP contribution in [0.25, 0.3) is 0 Å². The highest BCUT2D eigenvalue weighted by molar-refractivity contribution is 6.30. The van der Waals surface area contributed by atoms with Crippen LogP contribution in [0.5, 0.6) is 5.75 Å². The van der Waals surface area contributed by atoms with Crippen LogP contribution in [-0.2, 0) is 14.3 Å². The fourth-order valence-electron chi connectivity index (χ4n) is 4.55. The highest BCUT2D eigenvalue weighted by Gasteiger charge is 2.69. The van der Waals surface area contributed by atoms with E-state index in [4.69, 9.17) is 21.1 Å². The summed E-state index contributed by atoms with van der Waals surface area (Å²) in [5.41, 5.74) is -0.338. The normalized spacial score (nSPS) is 33.1. The Hall–Kier alpha value is -1.79. The minimum atomic E-state index is -0.183. The molecule has 1 aromatic carbocycles. The summed E-state index contributed by atoms with van der Waals surface area (Å²) in [5.74, 6) is 1.12. The number of nitrogens with one attached hydrogen (secondary N) is 2. The topological polar surface area (TPSA) is 76.7 Å². The maximum atomic E-state index is 12.1. The third-order valence-electron chi connectivity index (χ3n) is 5.80. The lowest BCUT2D eigenvalue weighted by Gasteiger charge is -2.70. The molecule has 0 atom stereocenters. The first-order valence-electron chi connectivity index (χ1n) is 9.47. The molecule has 4 aliphatic rings. The van der Waals surface area contributed by atoms with E-state index in [1.807, 2.05) is 0 Å². The molecule has 0 saturated heterocycles. The molecule has 5 rings (SSSR count). The zero-order valence-corrected chi connectivity index (χ0v) is 16.2. The van der Waals surface area contributed by atoms with Gasteiger partial charge in [0, 0.05) is 16.1 Å². The van der Waals surface area contributed by atoms with E-state index in [1.165, 1.54) is 0 Å². The summed E-state index contributed by atoms with van der Waals surface area (Å²) in [7, 11) is 0. The molecule has 0 radical (unpaired) electrons. The van der Waals surface area contributed by atoms with Crippen LogP contribution >= 0.6 is 11.6 Å². The lowest BCUT2D eigenvalue weighted by atomic mass is 9.44. The largest absolute Gasteiger partial charge is 0.484 e. The van der Waals surface area contributed by atoms with Gasteiger partial charge in [-0.3, -0.25) is 9.59 Å². The minimum Gasteiger partial charge on any atom is -0.484 e. The van der Waals surface area contributed by atoms with Crippen LogP contribution < -0.4 is 15.4 Å². The molecule has 0 aromatic heterocycles. The van der Waals surface area contributed by atoms with Crippen LogP contribution in [0.3, 0.4) is 0 Å². The molecule has 4 aliphatic carbocycles. The highest BCUT2D eigenvalue weighted by Crippen LogP contribution is 2.60. The highest BCUT2D eigenvalue weighted by atomic mass is 35.5. The second kappa shape index (κ2) is 6.99. The first kappa shape index (κ1) is 18.6. The molecule has 2 N–H and O–H groups in total. The molecule has 6 nitrogen and oxygen atoms in total. The molecule has 2 bridgehead atoms. The fraction of sp³-hybridized carbons (Fsp3) is 0.600. The molecule has 4 fully saturated rings.